The van der Waals surface area contributed by atoms with Gasteiger partial charge >= 0.3 is 11.9 Å². The second-order valence-electron chi connectivity index (χ2n) is 11.7. The van der Waals surface area contributed by atoms with Gasteiger partial charge in [-0.2, -0.15) is 0 Å². The number of carboxylic acid groups (broad SMARTS) is 2. The van der Waals surface area contributed by atoms with Crippen molar-refractivity contribution in [2.45, 2.75) is 32.6 Å². The van der Waals surface area contributed by atoms with Crippen molar-refractivity contribution in [2.24, 2.45) is 0 Å². The van der Waals surface area contributed by atoms with Crippen LogP contribution < -0.4 is 35.7 Å². The fraction of sp³-hybridized carbons (Fsp3) is 0.286. The summed E-state index contributed by atoms with van der Waals surface area (Å²) in [4.78, 5) is 64.5. The summed E-state index contributed by atoms with van der Waals surface area (Å²) in [5.41, 5.74) is 0.431. The maximum absolute atomic E-state index is 14.1. The predicted molar refractivity (Wildman–Crippen MR) is 181 cm³/mol. The Bertz CT molecular complexity index is 2360. The summed E-state index contributed by atoms with van der Waals surface area (Å²) < 4.78 is 17.5. The topological polar surface area (TPSA) is 198 Å². The second-order valence-corrected chi connectivity index (χ2v) is 11.7. The number of hydrogen-bond donors (Lipinski definition) is 5. The largest absolute Gasteiger partial charge is 0.505 e. The number of methoxy groups -OCH3 is 3. The van der Waals surface area contributed by atoms with Crippen LogP contribution in [0.2, 0.25) is 0 Å². The van der Waals surface area contributed by atoms with Crippen LogP contribution in [0.5, 0.6) is 23.0 Å². The minimum absolute atomic E-state index is 0.0749. The average molecular weight is 657 g/mol. The van der Waals surface area contributed by atoms with E-state index < -0.39 is 34.5 Å². The van der Waals surface area contributed by atoms with Gasteiger partial charge in [0, 0.05) is 63.3 Å². The van der Waals surface area contributed by atoms with E-state index in [1.165, 1.54) is 40.4 Å². The molecule has 0 spiro atoms. The molecule has 5 aromatic rings. The number of hydrogen-bond acceptors (Lipinski definition) is 11. The van der Waals surface area contributed by atoms with Crippen molar-refractivity contribution in [3.63, 3.8) is 0 Å². The fourth-order valence-corrected chi connectivity index (χ4v) is 7.23. The van der Waals surface area contributed by atoms with Gasteiger partial charge in [-0.3, -0.25) is 24.0 Å². The lowest BCUT2D eigenvalue weighted by Gasteiger charge is -2.27. The van der Waals surface area contributed by atoms with Gasteiger partial charge in [0.1, 0.15) is 23.0 Å². The number of carbonyl (C=O) groups excluding carboxylic acids is 1. The molecule has 248 valence electrons. The van der Waals surface area contributed by atoms with Crippen molar-refractivity contribution in [3.05, 3.63) is 49.3 Å². The Morgan fingerprint density at radius 2 is 1.25 bits per heavy atom. The van der Waals surface area contributed by atoms with Gasteiger partial charge < -0.3 is 40.2 Å². The van der Waals surface area contributed by atoms with Crippen LogP contribution in [0.4, 0.5) is 11.4 Å². The number of fused-ring (bicyclic) bond motifs is 1. The molecule has 0 aromatic heterocycles. The monoisotopic (exact) mass is 656 g/mol. The average Bonchev–Trinajstić information content (AvgIpc) is 3.16. The molecule has 48 heavy (non-hydrogen) atoms. The third kappa shape index (κ3) is 4.56. The van der Waals surface area contributed by atoms with E-state index in [0.29, 0.717) is 43.6 Å². The Labute approximate surface area is 272 Å². The first-order valence-corrected chi connectivity index (χ1v) is 15.0. The Morgan fingerprint density at radius 1 is 0.729 bits per heavy atom. The molecule has 13 heteroatoms. The van der Waals surface area contributed by atoms with Crippen LogP contribution >= 0.6 is 0 Å². The standard InChI is InChI=1S/C35H32N2O11/c1-13-10-15-23-28-25(34(45)32(15)36-8-6-20(41)42)17(40)12-19(47-4)26(28)27-18(46-3)11-16(39)24-30(27)29(23)31(22(13)14(2)38)35(48-5)33(24)37-9-7-21(43)44/h10-12,22,36-37,45H,6-9H2,1-5H3,(H,41,42)(H,43,44). The normalized spacial score (nSPS) is 14.0. The number of phenols is 1. The number of phenolic OH excluding ortho intramolecular Hbond substituents is 1. The number of nitrogens with one attached hydrogen (secondary N) is 2. The molecule has 5 aromatic carbocycles. The van der Waals surface area contributed by atoms with E-state index in [0.717, 1.165) is 0 Å². The first-order chi connectivity index (χ1) is 22.9. The van der Waals surface area contributed by atoms with Gasteiger partial charge in [-0.05, 0) is 19.2 Å². The summed E-state index contributed by atoms with van der Waals surface area (Å²) in [5, 5.41) is 38.8. The lowest BCUT2D eigenvalue weighted by molar-refractivity contribution is -0.137. The van der Waals surface area contributed by atoms with E-state index in [-0.39, 0.29) is 76.5 Å². The quantitative estimate of drug-likeness (QED) is 0.0716. The van der Waals surface area contributed by atoms with E-state index in [2.05, 4.69) is 10.6 Å². The van der Waals surface area contributed by atoms with Gasteiger partial charge in [0.15, 0.2) is 16.6 Å². The first-order valence-electron chi connectivity index (χ1n) is 15.0. The van der Waals surface area contributed by atoms with Crippen molar-refractivity contribution >= 4 is 78.3 Å². The molecule has 1 aliphatic carbocycles. The Kier molecular flexibility index (Phi) is 7.86. The van der Waals surface area contributed by atoms with Crippen LogP contribution in [0.25, 0.3) is 49.2 Å². The van der Waals surface area contributed by atoms with Crippen LogP contribution in [0.3, 0.4) is 0 Å². The van der Waals surface area contributed by atoms with E-state index in [4.69, 9.17) is 14.2 Å². The number of allylic oxidation sites excluding steroid dienone is 1. The van der Waals surface area contributed by atoms with E-state index >= 15 is 0 Å². The molecule has 6 rings (SSSR count). The molecule has 13 nitrogen and oxygen atoms in total. The molecule has 0 saturated heterocycles. The molecule has 0 amide bonds. The van der Waals surface area contributed by atoms with Crippen molar-refractivity contribution in [1.29, 1.82) is 0 Å². The zero-order valence-corrected chi connectivity index (χ0v) is 26.7. The molecular weight excluding hydrogens is 624 g/mol. The van der Waals surface area contributed by atoms with Crippen LogP contribution in [0.1, 0.15) is 43.7 Å². The highest BCUT2D eigenvalue weighted by molar-refractivity contribution is 6.40. The minimum Gasteiger partial charge on any atom is -0.505 e. The van der Waals surface area contributed by atoms with E-state index in [9.17, 15) is 39.3 Å². The lowest BCUT2D eigenvalue weighted by atomic mass is 9.80. The van der Waals surface area contributed by atoms with Gasteiger partial charge in [0.2, 0.25) is 0 Å². The zero-order chi connectivity index (χ0) is 34.8. The minimum atomic E-state index is -1.08. The SMILES string of the molecule is COc1c(NCCC(=O)O)c2c(=O)cc(OC)c3c4c(OC)cc(=O)c5c(O)c(NCCC(=O)O)c6c(c(c1C(C(C)=O)C(C)=C6)c23)c54. The second kappa shape index (κ2) is 11.7. The first kappa shape index (κ1) is 32.1. The molecule has 0 aliphatic heterocycles. The fourth-order valence-electron chi connectivity index (χ4n) is 7.23. The molecule has 0 radical (unpaired) electrons. The number of Topliss-reactive ketones (excluding diaryl/α,β-unsaturated/α-hetero) is 1. The molecule has 0 saturated carbocycles. The number of aliphatic carboxylic acids is 2. The van der Waals surface area contributed by atoms with E-state index in [1.807, 2.05) is 0 Å². The van der Waals surface area contributed by atoms with Gasteiger partial charge in [-0.15, -0.1) is 0 Å². The highest BCUT2D eigenvalue weighted by atomic mass is 16.5. The van der Waals surface area contributed by atoms with Crippen LogP contribution in [-0.2, 0) is 14.4 Å². The lowest BCUT2D eigenvalue weighted by Crippen LogP contribution is -2.17. The summed E-state index contributed by atoms with van der Waals surface area (Å²) in [6.45, 7) is 2.95. The van der Waals surface area contributed by atoms with Crippen LogP contribution in [0, 0.1) is 0 Å². The van der Waals surface area contributed by atoms with Gasteiger partial charge in [0.25, 0.3) is 0 Å². The maximum Gasteiger partial charge on any atom is 0.305 e. The van der Waals surface area contributed by atoms with Gasteiger partial charge in [-0.25, -0.2) is 0 Å². The zero-order valence-electron chi connectivity index (χ0n) is 26.7. The molecule has 5 N–H and O–H groups in total. The molecular formula is C35H32N2O11. The number of carboxylic acids is 2. The highest BCUT2D eigenvalue weighted by Gasteiger charge is 2.37. The number of benzene rings is 5. The summed E-state index contributed by atoms with van der Waals surface area (Å²) in [6.07, 6.45) is 1.11. The van der Waals surface area contributed by atoms with Crippen LogP contribution in [0.15, 0.2) is 27.3 Å². The van der Waals surface area contributed by atoms with Crippen molar-refractivity contribution in [2.75, 3.05) is 45.1 Å². The van der Waals surface area contributed by atoms with Crippen LogP contribution in [-0.4, -0.2) is 67.5 Å². The number of anilines is 2. The molecule has 0 fully saturated rings. The maximum atomic E-state index is 14.1. The Balaban J connectivity index is 2.02. The van der Waals surface area contributed by atoms with Crippen molar-refractivity contribution in [1.82, 2.24) is 0 Å². The molecule has 1 aliphatic rings. The number of aromatic hydroxyl groups is 1. The predicted octanol–water partition coefficient (Wildman–Crippen LogP) is 4.49. The molecule has 0 bridgehead atoms. The summed E-state index contributed by atoms with van der Waals surface area (Å²) in [7, 11) is 4.15. The summed E-state index contributed by atoms with van der Waals surface area (Å²) >= 11 is 0. The molecule has 0 heterocycles. The Morgan fingerprint density at radius 3 is 1.75 bits per heavy atom. The number of carbonyl (C=O) groups is 3. The highest BCUT2D eigenvalue weighted by Crippen LogP contribution is 2.58. The van der Waals surface area contributed by atoms with Crippen molar-refractivity contribution < 1.29 is 43.9 Å². The van der Waals surface area contributed by atoms with Crippen molar-refractivity contribution in [3.8, 4) is 23.0 Å². The number of ether oxygens (including phenoxy) is 3. The molecule has 1 atom stereocenters. The Hall–Kier alpha value is -5.85. The number of ketones is 1. The smallest absolute Gasteiger partial charge is 0.305 e. The van der Waals surface area contributed by atoms with Gasteiger partial charge in [0.05, 0.1) is 62.2 Å². The number of rotatable bonds is 12. The summed E-state index contributed by atoms with van der Waals surface area (Å²) in [5.74, 6) is -3.41. The third-order valence-corrected chi connectivity index (χ3v) is 8.96. The van der Waals surface area contributed by atoms with Gasteiger partial charge in [-0.1, -0.05) is 11.6 Å². The van der Waals surface area contributed by atoms with E-state index in [1.54, 1.807) is 13.0 Å². The third-order valence-electron chi connectivity index (χ3n) is 8.96. The molecule has 1 unspecified atom stereocenters. The summed E-state index contributed by atoms with van der Waals surface area (Å²) in [6, 6.07) is 2.50.